The number of carbonyl (C=O) groups excluding carboxylic acids is 2. The number of hydrogen-bond acceptors (Lipinski definition) is 13. The molecule has 0 aliphatic carbocycles. The minimum atomic E-state index is -4.91. The van der Waals surface area contributed by atoms with Gasteiger partial charge in [-0.25, -0.2) is 9.29 Å². The summed E-state index contributed by atoms with van der Waals surface area (Å²) in [6.45, 7) is 3.54. The maximum Gasteiger partial charge on any atom is 0.362 e. The van der Waals surface area contributed by atoms with Gasteiger partial charge in [-0.15, -0.1) is 11.3 Å². The first kappa shape index (κ1) is 28.3. The van der Waals surface area contributed by atoms with E-state index in [1.807, 2.05) is 0 Å². The minimum absolute atomic E-state index is 0.0240. The molecule has 2 fully saturated rings. The molecular formula is C21H26N6O10S2. The number of β-lactam (4-membered cyclic amide) rings is 1. The van der Waals surface area contributed by atoms with Gasteiger partial charge in [0.25, 0.3) is 11.8 Å². The molecule has 6 N–H and O–H groups in total. The molecular weight excluding hydrogens is 560 g/mol. The number of amides is 2. The van der Waals surface area contributed by atoms with Crippen molar-refractivity contribution in [3.63, 3.8) is 0 Å². The molecule has 0 bridgehead atoms. The van der Waals surface area contributed by atoms with Gasteiger partial charge in [-0.1, -0.05) is 19.0 Å². The number of nitrogen functional groups attached to an aromatic ring is 1. The lowest BCUT2D eigenvalue weighted by atomic mass is 9.75. The van der Waals surface area contributed by atoms with Crippen LogP contribution in [0, 0.1) is 5.92 Å². The molecule has 2 unspecified atom stereocenters. The number of rotatable bonds is 8. The van der Waals surface area contributed by atoms with Gasteiger partial charge in [-0.3, -0.25) is 18.9 Å². The van der Waals surface area contributed by atoms with Crippen LogP contribution in [0.15, 0.2) is 27.6 Å². The average Bonchev–Trinajstić information content (AvgIpc) is 3.28. The van der Waals surface area contributed by atoms with Crippen LogP contribution in [-0.2, 0) is 29.5 Å². The Bertz CT molecular complexity index is 1480. The van der Waals surface area contributed by atoms with E-state index in [-0.39, 0.29) is 42.6 Å². The van der Waals surface area contributed by atoms with E-state index in [4.69, 9.17) is 15.3 Å². The molecule has 0 saturated carbocycles. The topological polar surface area (TPSA) is 236 Å². The fraction of sp³-hybridized carbons (Fsp3) is 0.476. The third-order valence-electron chi connectivity index (χ3n) is 6.43. The minimum Gasteiger partial charge on any atom is -0.503 e. The zero-order valence-electron chi connectivity index (χ0n) is 20.7. The lowest BCUT2D eigenvalue weighted by Crippen LogP contribution is -2.81. The standard InChI is InChI=1S/C21H26N6O10S2/c1-10(2)16(12-7-13(28)14(29)8-26(12)32)37-25-15(11-9-38-20(22)23-11)18(30)24-17-19(31)27(39(33,34)35)21(17)3-5-36-6-4-21/h7-10,16-17,29,32H,3-6H2,1-2H3,(H2,22,23)(H,24,30)(H,33,34,35)/b25-15-. The van der Waals surface area contributed by atoms with Gasteiger partial charge >= 0.3 is 10.3 Å². The fourth-order valence-electron chi connectivity index (χ4n) is 4.54. The molecule has 2 aromatic rings. The van der Waals surface area contributed by atoms with Crippen molar-refractivity contribution in [2.75, 3.05) is 18.9 Å². The van der Waals surface area contributed by atoms with Gasteiger partial charge in [0.05, 0.1) is 11.7 Å². The molecule has 18 heteroatoms. The number of nitrogens with zero attached hydrogens (tertiary/aromatic N) is 4. The second kappa shape index (κ2) is 10.4. The number of carbonyl (C=O) groups is 2. The zero-order chi connectivity index (χ0) is 28.7. The van der Waals surface area contributed by atoms with Gasteiger partial charge in [0.15, 0.2) is 22.7 Å². The number of ether oxygens (including phenoxy) is 1. The predicted molar refractivity (Wildman–Crippen MR) is 134 cm³/mol. The maximum absolute atomic E-state index is 13.4. The van der Waals surface area contributed by atoms with Crippen LogP contribution in [0.1, 0.15) is 44.2 Å². The van der Waals surface area contributed by atoms with E-state index in [1.165, 1.54) is 5.38 Å². The van der Waals surface area contributed by atoms with Crippen LogP contribution in [0.25, 0.3) is 0 Å². The smallest absolute Gasteiger partial charge is 0.362 e. The van der Waals surface area contributed by atoms with Crippen molar-refractivity contribution >= 4 is 44.3 Å². The molecule has 1 spiro atoms. The molecule has 16 nitrogen and oxygen atoms in total. The number of nitrogens with two attached hydrogens (primary N) is 1. The molecule has 2 atom stereocenters. The SMILES string of the molecule is CC(C)C(O/N=C(\C(=O)NC1C(=O)N(S(=O)(=O)O)C12CCOCC2)c1csc(N)n1)c1cc(=O)c(O)cn1O. The van der Waals surface area contributed by atoms with Gasteiger partial charge in [0.2, 0.25) is 5.43 Å². The Labute approximate surface area is 225 Å². The summed E-state index contributed by atoms with van der Waals surface area (Å²) in [6.07, 6.45) is -0.254. The van der Waals surface area contributed by atoms with E-state index in [1.54, 1.807) is 13.8 Å². The predicted octanol–water partition coefficient (Wildman–Crippen LogP) is -0.373. The van der Waals surface area contributed by atoms with E-state index in [2.05, 4.69) is 15.5 Å². The molecule has 2 saturated heterocycles. The second-order valence-electron chi connectivity index (χ2n) is 9.28. The van der Waals surface area contributed by atoms with Gasteiger partial charge < -0.3 is 30.9 Å². The van der Waals surface area contributed by atoms with Crippen molar-refractivity contribution in [2.24, 2.45) is 11.1 Å². The van der Waals surface area contributed by atoms with Crippen molar-refractivity contribution in [1.29, 1.82) is 0 Å². The highest BCUT2D eigenvalue weighted by molar-refractivity contribution is 7.84. The summed E-state index contributed by atoms with van der Waals surface area (Å²) in [5.74, 6) is -3.12. The highest BCUT2D eigenvalue weighted by Gasteiger charge is 2.65. The first-order chi connectivity index (χ1) is 18.3. The van der Waals surface area contributed by atoms with Gasteiger partial charge in [0, 0.05) is 24.7 Å². The largest absolute Gasteiger partial charge is 0.503 e. The van der Waals surface area contributed by atoms with E-state index in [0.717, 1.165) is 23.6 Å². The van der Waals surface area contributed by atoms with E-state index >= 15 is 0 Å². The molecule has 2 aliphatic heterocycles. The number of pyridine rings is 1. The highest BCUT2D eigenvalue weighted by atomic mass is 32.2. The number of hydrogen-bond donors (Lipinski definition) is 5. The molecule has 2 aliphatic rings. The Hall–Kier alpha value is -3.74. The lowest BCUT2D eigenvalue weighted by Gasteiger charge is -2.56. The molecule has 0 radical (unpaired) electrons. The zero-order valence-corrected chi connectivity index (χ0v) is 22.3. The number of aromatic nitrogens is 2. The number of aromatic hydroxyl groups is 1. The number of anilines is 1. The molecule has 0 aromatic carbocycles. The summed E-state index contributed by atoms with van der Waals surface area (Å²) in [5, 5.41) is 27.7. The number of nitrogens with one attached hydrogen (secondary N) is 1. The van der Waals surface area contributed by atoms with Crippen LogP contribution in [0.5, 0.6) is 5.75 Å². The quantitative estimate of drug-likeness (QED) is 0.0875. The van der Waals surface area contributed by atoms with Crippen molar-refractivity contribution in [2.45, 2.75) is 44.4 Å². The van der Waals surface area contributed by atoms with E-state index in [0.29, 0.717) is 9.04 Å². The van der Waals surface area contributed by atoms with Crippen LogP contribution >= 0.6 is 11.3 Å². The van der Waals surface area contributed by atoms with Crippen LogP contribution in [0.3, 0.4) is 0 Å². The Kier molecular flexibility index (Phi) is 7.57. The average molecular weight is 587 g/mol. The van der Waals surface area contributed by atoms with Gasteiger partial charge in [-0.2, -0.15) is 13.1 Å². The Balaban J connectivity index is 1.67. The third kappa shape index (κ3) is 5.27. The normalized spacial score (nSPS) is 20.1. The molecule has 39 heavy (non-hydrogen) atoms. The van der Waals surface area contributed by atoms with Crippen LogP contribution < -0.4 is 16.5 Å². The maximum atomic E-state index is 13.4. The summed E-state index contributed by atoms with van der Waals surface area (Å²) in [5.41, 5.74) is 2.96. The molecule has 212 valence electrons. The Morgan fingerprint density at radius 3 is 2.59 bits per heavy atom. The number of thiazole rings is 1. The second-order valence-corrected chi connectivity index (χ2v) is 11.4. The van der Waals surface area contributed by atoms with Crippen molar-refractivity contribution < 1.29 is 42.4 Å². The van der Waals surface area contributed by atoms with Crippen LogP contribution in [-0.4, -0.2) is 79.6 Å². The Morgan fingerprint density at radius 2 is 2.03 bits per heavy atom. The fourth-order valence-corrected chi connectivity index (χ4v) is 6.17. The Morgan fingerprint density at radius 1 is 1.36 bits per heavy atom. The third-order valence-corrected chi connectivity index (χ3v) is 8.11. The highest BCUT2D eigenvalue weighted by Crippen LogP contribution is 2.42. The summed E-state index contributed by atoms with van der Waals surface area (Å²) in [4.78, 5) is 47.8. The van der Waals surface area contributed by atoms with Gasteiger partial charge in [0.1, 0.15) is 17.4 Å². The molecule has 2 amide bonds. The first-order valence-electron chi connectivity index (χ1n) is 11.6. The van der Waals surface area contributed by atoms with Crippen molar-refractivity contribution in [3.8, 4) is 5.75 Å². The van der Waals surface area contributed by atoms with Crippen LogP contribution in [0.4, 0.5) is 5.13 Å². The molecule has 2 aromatic heterocycles. The number of oxime groups is 1. The molecule has 4 rings (SSSR count). The van der Waals surface area contributed by atoms with E-state index in [9.17, 15) is 37.7 Å². The monoisotopic (exact) mass is 586 g/mol. The summed E-state index contributed by atoms with van der Waals surface area (Å²) < 4.78 is 39.6. The lowest BCUT2D eigenvalue weighted by molar-refractivity contribution is -0.162. The van der Waals surface area contributed by atoms with E-state index < -0.39 is 62.6 Å². The van der Waals surface area contributed by atoms with Crippen LogP contribution in [0.2, 0.25) is 0 Å². The van der Waals surface area contributed by atoms with Crippen molar-refractivity contribution in [1.82, 2.24) is 19.3 Å². The summed E-state index contributed by atoms with van der Waals surface area (Å²) >= 11 is 0.991. The molecule has 4 heterocycles. The first-order valence-corrected chi connectivity index (χ1v) is 13.8. The summed E-state index contributed by atoms with van der Waals surface area (Å²) in [7, 11) is -4.91. The van der Waals surface area contributed by atoms with Gasteiger partial charge in [-0.05, 0) is 18.8 Å². The van der Waals surface area contributed by atoms with Crippen molar-refractivity contribution in [3.05, 3.63) is 39.3 Å². The summed E-state index contributed by atoms with van der Waals surface area (Å²) in [6, 6.07) is -0.389.